The Bertz CT molecular complexity index is 404. The van der Waals surface area contributed by atoms with Crippen molar-refractivity contribution in [2.45, 2.75) is 17.2 Å². The molecule has 0 spiro atoms. The normalized spacial score (nSPS) is 17.5. The first-order valence-corrected chi connectivity index (χ1v) is 6.79. The van der Waals surface area contributed by atoms with Crippen molar-refractivity contribution >= 4 is 23.4 Å². The molecule has 1 aliphatic heterocycles. The van der Waals surface area contributed by atoms with E-state index in [1.165, 1.54) is 11.8 Å². The zero-order valence-corrected chi connectivity index (χ0v) is 11.2. The summed E-state index contributed by atoms with van der Waals surface area (Å²) in [4.78, 5) is 18.2. The van der Waals surface area contributed by atoms with Gasteiger partial charge in [-0.1, -0.05) is 11.8 Å². The second-order valence-electron chi connectivity index (χ2n) is 4.13. The quantitative estimate of drug-likeness (QED) is 0.828. The molecule has 0 aromatic carbocycles. The van der Waals surface area contributed by atoms with Crippen LogP contribution in [0.15, 0.2) is 23.4 Å². The molecule has 0 aliphatic carbocycles. The Morgan fingerprint density at radius 1 is 1.50 bits per heavy atom. The van der Waals surface area contributed by atoms with Crippen molar-refractivity contribution < 1.29 is 9.53 Å². The van der Waals surface area contributed by atoms with Crippen LogP contribution in [0.5, 0.6) is 0 Å². The molecule has 1 fully saturated rings. The van der Waals surface area contributed by atoms with E-state index in [1.54, 1.807) is 12.3 Å². The van der Waals surface area contributed by atoms with E-state index in [0.717, 1.165) is 5.03 Å². The molecule has 5 nitrogen and oxygen atoms in total. The third-order valence-corrected chi connectivity index (χ3v) is 3.77. The lowest BCUT2D eigenvalue weighted by Gasteiger charge is -2.28. The second-order valence-corrected chi connectivity index (χ2v) is 5.49. The molecule has 1 unspecified atom stereocenters. The average Bonchev–Trinajstić information content (AvgIpc) is 2.41. The third-order valence-electron chi connectivity index (χ3n) is 2.73. The maximum Gasteiger partial charge on any atom is 0.235 e. The molecule has 0 radical (unpaired) electrons. The number of nitrogens with zero attached hydrogens (tertiary/aromatic N) is 2. The van der Waals surface area contributed by atoms with E-state index in [2.05, 4.69) is 4.98 Å². The molecule has 18 heavy (non-hydrogen) atoms. The van der Waals surface area contributed by atoms with Crippen LogP contribution >= 0.6 is 11.8 Å². The van der Waals surface area contributed by atoms with Crippen molar-refractivity contribution in [3.63, 3.8) is 0 Å². The molecule has 1 aromatic heterocycles. The Hall–Kier alpha value is -1.27. The first-order valence-electron chi connectivity index (χ1n) is 5.91. The number of nitrogens with two attached hydrogens (primary N) is 1. The van der Waals surface area contributed by atoms with Crippen molar-refractivity contribution in [3.8, 4) is 0 Å². The number of carbonyl (C=O) groups excluding carboxylic acids is 1. The summed E-state index contributed by atoms with van der Waals surface area (Å²) >= 11 is 1.46. The van der Waals surface area contributed by atoms with Crippen molar-refractivity contribution in [2.24, 2.45) is 0 Å². The molecule has 2 N–H and O–H groups in total. The maximum absolute atomic E-state index is 12.2. The SMILES string of the molecule is CC(Sc1ccc(N)cn1)C(=O)N1CCOCC1. The molecule has 1 amide bonds. The summed E-state index contributed by atoms with van der Waals surface area (Å²) < 4.78 is 5.23. The number of anilines is 1. The van der Waals surface area contributed by atoms with Crippen LogP contribution < -0.4 is 5.73 Å². The Kier molecular flexibility index (Phi) is 4.43. The zero-order valence-electron chi connectivity index (χ0n) is 10.3. The largest absolute Gasteiger partial charge is 0.397 e. The first-order chi connectivity index (χ1) is 8.66. The van der Waals surface area contributed by atoms with Crippen LogP contribution in [0.2, 0.25) is 0 Å². The molecule has 2 rings (SSSR count). The number of ether oxygens (including phenoxy) is 1. The Morgan fingerprint density at radius 3 is 2.83 bits per heavy atom. The summed E-state index contributed by atoms with van der Waals surface area (Å²) in [5.74, 6) is 0.141. The summed E-state index contributed by atoms with van der Waals surface area (Å²) in [6.45, 7) is 4.52. The van der Waals surface area contributed by atoms with Gasteiger partial charge in [0.05, 0.1) is 35.4 Å². The number of thioether (sulfide) groups is 1. The van der Waals surface area contributed by atoms with E-state index < -0.39 is 0 Å². The van der Waals surface area contributed by atoms with Crippen LogP contribution in [0.3, 0.4) is 0 Å². The molecule has 1 saturated heterocycles. The minimum Gasteiger partial charge on any atom is -0.397 e. The highest BCUT2D eigenvalue weighted by Gasteiger charge is 2.23. The predicted molar refractivity (Wildman–Crippen MR) is 71.4 cm³/mol. The molecule has 0 bridgehead atoms. The van der Waals surface area contributed by atoms with E-state index in [1.807, 2.05) is 17.9 Å². The highest BCUT2D eigenvalue weighted by Crippen LogP contribution is 2.23. The van der Waals surface area contributed by atoms with E-state index in [-0.39, 0.29) is 11.2 Å². The smallest absolute Gasteiger partial charge is 0.235 e. The lowest BCUT2D eigenvalue weighted by Crippen LogP contribution is -2.44. The zero-order chi connectivity index (χ0) is 13.0. The number of hydrogen-bond donors (Lipinski definition) is 1. The molecule has 1 aromatic rings. The van der Waals surface area contributed by atoms with Gasteiger partial charge in [-0.3, -0.25) is 4.79 Å². The molecule has 1 aliphatic rings. The number of rotatable bonds is 3. The number of nitrogen functional groups attached to an aromatic ring is 1. The number of morpholine rings is 1. The Morgan fingerprint density at radius 2 is 2.22 bits per heavy atom. The predicted octanol–water partition coefficient (Wildman–Crippen LogP) is 1.00. The average molecular weight is 267 g/mol. The van der Waals surface area contributed by atoms with E-state index in [4.69, 9.17) is 10.5 Å². The second kappa shape index (κ2) is 6.06. The van der Waals surface area contributed by atoms with Crippen LogP contribution in [0.1, 0.15) is 6.92 Å². The molecule has 2 heterocycles. The van der Waals surface area contributed by atoms with Crippen LogP contribution in [0.4, 0.5) is 5.69 Å². The van der Waals surface area contributed by atoms with E-state index in [0.29, 0.717) is 32.0 Å². The highest BCUT2D eigenvalue weighted by molar-refractivity contribution is 8.00. The molecule has 6 heteroatoms. The molecule has 0 saturated carbocycles. The first kappa shape index (κ1) is 13.2. The number of carbonyl (C=O) groups is 1. The molecular weight excluding hydrogens is 250 g/mol. The number of pyridine rings is 1. The van der Waals surface area contributed by atoms with Crippen molar-refractivity contribution in [2.75, 3.05) is 32.0 Å². The fourth-order valence-corrected chi connectivity index (χ4v) is 2.61. The lowest BCUT2D eigenvalue weighted by atomic mass is 10.3. The van der Waals surface area contributed by atoms with Gasteiger partial charge in [-0.25, -0.2) is 4.98 Å². The maximum atomic E-state index is 12.2. The van der Waals surface area contributed by atoms with Gasteiger partial charge < -0.3 is 15.4 Å². The topological polar surface area (TPSA) is 68.5 Å². The summed E-state index contributed by atoms with van der Waals surface area (Å²) in [5, 5.41) is 0.678. The van der Waals surface area contributed by atoms with Crippen LogP contribution in [0, 0.1) is 0 Å². The summed E-state index contributed by atoms with van der Waals surface area (Å²) in [5.41, 5.74) is 6.20. The van der Waals surface area contributed by atoms with E-state index in [9.17, 15) is 4.79 Å². The van der Waals surface area contributed by atoms with Crippen LogP contribution in [-0.2, 0) is 9.53 Å². The van der Waals surface area contributed by atoms with Crippen LogP contribution in [0.25, 0.3) is 0 Å². The van der Waals surface area contributed by atoms with Crippen LogP contribution in [-0.4, -0.2) is 47.3 Å². The Balaban J connectivity index is 1.92. The van der Waals surface area contributed by atoms with Gasteiger partial charge in [0.25, 0.3) is 0 Å². The van der Waals surface area contributed by atoms with Crippen molar-refractivity contribution in [1.82, 2.24) is 9.88 Å². The van der Waals surface area contributed by atoms with Gasteiger partial charge in [0.1, 0.15) is 0 Å². The summed E-state index contributed by atoms with van der Waals surface area (Å²) in [6, 6.07) is 3.63. The fraction of sp³-hybridized carbons (Fsp3) is 0.500. The van der Waals surface area contributed by atoms with Gasteiger partial charge >= 0.3 is 0 Å². The monoisotopic (exact) mass is 267 g/mol. The standard InChI is InChI=1S/C12H17N3O2S/c1-9(12(16)15-4-6-17-7-5-15)18-11-3-2-10(13)8-14-11/h2-3,8-9H,4-7,13H2,1H3. The van der Waals surface area contributed by atoms with Gasteiger partial charge in [-0.15, -0.1) is 0 Å². The lowest BCUT2D eigenvalue weighted by molar-refractivity contribution is -0.134. The highest BCUT2D eigenvalue weighted by atomic mass is 32.2. The summed E-state index contributed by atoms with van der Waals surface area (Å²) in [6.07, 6.45) is 1.61. The molecular formula is C12H17N3O2S. The number of amides is 1. The number of aromatic nitrogens is 1. The minimum absolute atomic E-state index is 0.140. The molecule has 1 atom stereocenters. The minimum atomic E-state index is -0.140. The third kappa shape index (κ3) is 3.36. The fourth-order valence-electron chi connectivity index (χ4n) is 1.73. The van der Waals surface area contributed by atoms with E-state index >= 15 is 0 Å². The number of hydrogen-bond acceptors (Lipinski definition) is 5. The van der Waals surface area contributed by atoms with Gasteiger partial charge in [-0.2, -0.15) is 0 Å². The van der Waals surface area contributed by atoms with Crippen molar-refractivity contribution in [3.05, 3.63) is 18.3 Å². The molecule has 98 valence electrons. The van der Waals surface area contributed by atoms with Gasteiger partial charge in [0, 0.05) is 13.1 Å². The van der Waals surface area contributed by atoms with Crippen molar-refractivity contribution in [1.29, 1.82) is 0 Å². The summed E-state index contributed by atoms with van der Waals surface area (Å²) in [7, 11) is 0. The Labute approximate surface area is 111 Å². The van der Waals surface area contributed by atoms with Gasteiger partial charge in [0.15, 0.2) is 0 Å². The van der Waals surface area contributed by atoms with Gasteiger partial charge in [-0.05, 0) is 19.1 Å². The van der Waals surface area contributed by atoms with Gasteiger partial charge in [0.2, 0.25) is 5.91 Å².